The van der Waals surface area contributed by atoms with Crippen LogP contribution in [0.5, 0.6) is 0 Å². The summed E-state index contributed by atoms with van der Waals surface area (Å²) in [6.45, 7) is 15.4. The molecule has 4 heteroatoms. The van der Waals surface area contributed by atoms with Gasteiger partial charge >= 0.3 is 0 Å². The van der Waals surface area contributed by atoms with Crippen LogP contribution in [0.25, 0.3) is 11.0 Å². The van der Waals surface area contributed by atoms with E-state index in [2.05, 4.69) is 51.1 Å². The molecule has 0 radical (unpaired) electrons. The monoisotopic (exact) mass is 446 g/mol. The lowest BCUT2D eigenvalue weighted by molar-refractivity contribution is 0.0356. The van der Waals surface area contributed by atoms with E-state index in [1.54, 1.807) is 6.20 Å². The van der Waals surface area contributed by atoms with Gasteiger partial charge in [-0.05, 0) is 42.1 Å². The Kier molecular flexibility index (Phi) is 10.1. The van der Waals surface area contributed by atoms with Crippen LogP contribution < -0.4 is 0 Å². The summed E-state index contributed by atoms with van der Waals surface area (Å²) >= 11 is 6.08. The van der Waals surface area contributed by atoms with Crippen LogP contribution in [0.4, 0.5) is 0 Å². The minimum Gasteiger partial charge on any atom is -0.332 e. The van der Waals surface area contributed by atoms with Crippen molar-refractivity contribution in [1.29, 1.82) is 0 Å². The summed E-state index contributed by atoms with van der Waals surface area (Å²) in [4.78, 5) is 15.7. The first-order chi connectivity index (χ1) is 14.8. The topological polar surface area (TPSA) is 34.9 Å². The highest BCUT2D eigenvalue weighted by molar-refractivity contribution is 6.34. The third kappa shape index (κ3) is 6.12. The van der Waals surface area contributed by atoms with Crippen molar-refractivity contribution in [1.82, 2.24) is 9.55 Å². The van der Waals surface area contributed by atoms with Gasteiger partial charge in [-0.3, -0.25) is 4.79 Å². The molecule has 0 unspecified atom stereocenters. The van der Waals surface area contributed by atoms with E-state index in [-0.39, 0.29) is 0 Å². The highest BCUT2D eigenvalue weighted by Gasteiger charge is 2.39. The van der Waals surface area contributed by atoms with E-state index >= 15 is 0 Å². The second-order valence-electron chi connectivity index (χ2n) is 10.2. The van der Waals surface area contributed by atoms with Gasteiger partial charge in [0.1, 0.15) is 5.65 Å². The summed E-state index contributed by atoms with van der Waals surface area (Å²) in [5, 5.41) is 1.27. The van der Waals surface area contributed by atoms with Gasteiger partial charge in [-0.25, -0.2) is 4.98 Å². The fourth-order valence-electron chi connectivity index (χ4n) is 5.90. The highest BCUT2D eigenvalue weighted by atomic mass is 35.5. The Morgan fingerprint density at radius 2 is 1.48 bits per heavy atom. The van der Waals surface area contributed by atoms with Crippen LogP contribution in [0.3, 0.4) is 0 Å². The molecule has 2 rings (SSSR count). The third-order valence-corrected chi connectivity index (χ3v) is 7.93. The van der Waals surface area contributed by atoms with Crippen molar-refractivity contribution in [3.63, 3.8) is 0 Å². The number of carbonyl (C=O) groups excluding carboxylic acids is 1. The lowest BCUT2D eigenvalue weighted by Gasteiger charge is -2.45. The van der Waals surface area contributed by atoms with Crippen LogP contribution in [0.1, 0.15) is 103 Å². The molecule has 0 aromatic carbocycles. The first kappa shape index (κ1) is 25.9. The maximum Gasteiger partial charge on any atom is 0.152 e. The fraction of sp³-hybridized carbons (Fsp3) is 0.704. The van der Waals surface area contributed by atoms with E-state index in [1.165, 1.54) is 44.9 Å². The highest BCUT2D eigenvalue weighted by Crippen LogP contribution is 2.47. The Labute approximate surface area is 195 Å². The minimum absolute atomic E-state index is 0.424. The summed E-state index contributed by atoms with van der Waals surface area (Å²) < 4.78 is 2.14. The van der Waals surface area contributed by atoms with Crippen molar-refractivity contribution < 1.29 is 4.79 Å². The molecule has 0 aliphatic rings. The Balaban J connectivity index is 1.68. The smallest absolute Gasteiger partial charge is 0.152 e. The Morgan fingerprint density at radius 3 is 2.03 bits per heavy atom. The first-order valence-electron chi connectivity index (χ1n) is 12.3. The van der Waals surface area contributed by atoms with E-state index in [0.29, 0.717) is 16.0 Å². The largest absolute Gasteiger partial charge is 0.332 e. The van der Waals surface area contributed by atoms with Crippen molar-refractivity contribution in [2.24, 2.45) is 23.2 Å². The zero-order chi connectivity index (χ0) is 23.0. The van der Waals surface area contributed by atoms with E-state index in [1.807, 2.05) is 12.3 Å². The number of aldehydes is 1. The number of carbonyl (C=O) groups is 1. The summed E-state index contributed by atoms with van der Waals surface area (Å²) in [7, 11) is 0. The molecule has 2 heterocycles. The predicted molar refractivity (Wildman–Crippen MR) is 134 cm³/mol. The molecular formula is C27H43ClN2O. The van der Waals surface area contributed by atoms with Gasteiger partial charge in [-0.1, -0.05) is 91.7 Å². The zero-order valence-electron chi connectivity index (χ0n) is 20.6. The average Bonchev–Trinajstić information content (AvgIpc) is 3.11. The van der Waals surface area contributed by atoms with Crippen LogP contribution in [-0.4, -0.2) is 15.8 Å². The number of hydrogen-bond donors (Lipinski definition) is 0. The van der Waals surface area contributed by atoms with Crippen LogP contribution in [0, 0.1) is 23.2 Å². The normalized spacial score (nSPS) is 12.6. The van der Waals surface area contributed by atoms with E-state index < -0.39 is 0 Å². The molecule has 2 aromatic rings. The SMILES string of the molecule is CC(C)C(CCCCCCCCCn1ccc2c(C=O)c(Cl)cnc21)(C(C)C)C(C)C. The molecule has 31 heavy (non-hydrogen) atoms. The molecule has 0 spiro atoms. The van der Waals surface area contributed by atoms with Gasteiger partial charge in [0.15, 0.2) is 6.29 Å². The van der Waals surface area contributed by atoms with Gasteiger partial charge in [0.25, 0.3) is 0 Å². The molecule has 0 bridgehead atoms. The summed E-state index contributed by atoms with van der Waals surface area (Å²) in [5.74, 6) is 2.22. The number of nitrogens with zero attached hydrogens (tertiary/aromatic N) is 2. The lowest BCUT2D eigenvalue weighted by Crippen LogP contribution is -2.38. The van der Waals surface area contributed by atoms with Crippen molar-refractivity contribution in [2.45, 2.75) is 99.5 Å². The molecule has 0 fully saturated rings. The second kappa shape index (κ2) is 12.0. The summed E-state index contributed by atoms with van der Waals surface area (Å²) in [6.07, 6.45) is 14.8. The summed E-state index contributed by atoms with van der Waals surface area (Å²) in [5.41, 5.74) is 1.87. The maximum absolute atomic E-state index is 11.3. The minimum atomic E-state index is 0.424. The van der Waals surface area contributed by atoms with E-state index in [4.69, 9.17) is 11.6 Å². The molecule has 3 nitrogen and oxygen atoms in total. The van der Waals surface area contributed by atoms with Gasteiger partial charge in [0.05, 0.1) is 5.02 Å². The predicted octanol–water partition coefficient (Wildman–Crippen LogP) is 8.58. The van der Waals surface area contributed by atoms with E-state index in [9.17, 15) is 4.79 Å². The Morgan fingerprint density at radius 1 is 0.935 bits per heavy atom. The van der Waals surface area contributed by atoms with Crippen LogP contribution >= 0.6 is 11.6 Å². The van der Waals surface area contributed by atoms with Crippen molar-refractivity contribution in [3.8, 4) is 0 Å². The second-order valence-corrected chi connectivity index (χ2v) is 10.6. The van der Waals surface area contributed by atoms with E-state index in [0.717, 1.165) is 48.0 Å². The molecule has 0 aliphatic heterocycles. The number of aromatic nitrogens is 2. The molecule has 0 saturated carbocycles. The third-order valence-electron chi connectivity index (χ3n) is 7.63. The van der Waals surface area contributed by atoms with Crippen molar-refractivity contribution >= 4 is 28.9 Å². The Hall–Kier alpha value is -1.35. The zero-order valence-corrected chi connectivity index (χ0v) is 21.3. The number of aryl methyl sites for hydroxylation is 1. The molecule has 0 amide bonds. The standard InChI is InChI=1S/C27H43ClN2O/c1-20(2)27(21(3)4,22(5)6)15-12-10-8-7-9-11-13-16-30-17-14-23-24(19-31)25(28)18-29-26(23)30/h14,17-22H,7-13,15-16H2,1-6H3. The molecule has 0 saturated heterocycles. The lowest BCUT2D eigenvalue weighted by atomic mass is 9.60. The number of hydrogen-bond acceptors (Lipinski definition) is 2. The Bertz CT molecular complexity index is 800. The number of unbranched alkanes of at least 4 members (excludes halogenated alkanes) is 6. The molecule has 0 N–H and O–H groups in total. The summed E-state index contributed by atoms with van der Waals surface area (Å²) in [6, 6.07) is 1.95. The van der Waals surface area contributed by atoms with Gasteiger partial charge in [-0.15, -0.1) is 0 Å². The molecule has 174 valence electrons. The maximum atomic E-state index is 11.3. The van der Waals surface area contributed by atoms with Crippen molar-refractivity contribution in [3.05, 3.63) is 29.0 Å². The molecule has 2 aromatic heterocycles. The number of halogens is 1. The van der Waals surface area contributed by atoms with Crippen LogP contribution in [0.2, 0.25) is 5.02 Å². The average molecular weight is 447 g/mol. The van der Waals surface area contributed by atoms with Crippen molar-refractivity contribution in [2.75, 3.05) is 0 Å². The number of fused-ring (bicyclic) bond motifs is 1. The van der Waals surface area contributed by atoms with Gasteiger partial charge < -0.3 is 4.57 Å². The van der Waals surface area contributed by atoms with Gasteiger partial charge in [0, 0.05) is 29.9 Å². The molecular weight excluding hydrogens is 404 g/mol. The quantitative estimate of drug-likeness (QED) is 0.215. The van der Waals surface area contributed by atoms with Crippen LogP contribution in [-0.2, 0) is 6.54 Å². The number of pyridine rings is 1. The fourth-order valence-corrected chi connectivity index (χ4v) is 6.09. The number of rotatable bonds is 14. The van der Waals surface area contributed by atoms with Gasteiger partial charge in [0.2, 0.25) is 0 Å². The van der Waals surface area contributed by atoms with Crippen LogP contribution in [0.15, 0.2) is 18.5 Å². The molecule has 0 aliphatic carbocycles. The van der Waals surface area contributed by atoms with Gasteiger partial charge in [-0.2, -0.15) is 0 Å². The first-order valence-corrected chi connectivity index (χ1v) is 12.7. The molecule has 0 atom stereocenters.